The third-order valence-corrected chi connectivity index (χ3v) is 4.31. The van der Waals surface area contributed by atoms with Crippen LogP contribution in [0.1, 0.15) is 48.1 Å². The van der Waals surface area contributed by atoms with E-state index in [9.17, 15) is 4.79 Å². The Morgan fingerprint density at radius 1 is 1.22 bits per heavy atom. The highest BCUT2D eigenvalue weighted by molar-refractivity contribution is 5.94. The lowest BCUT2D eigenvalue weighted by Crippen LogP contribution is -2.38. The molecule has 1 saturated heterocycles. The van der Waals surface area contributed by atoms with Gasteiger partial charge < -0.3 is 10.2 Å². The third kappa shape index (κ3) is 3.52. The van der Waals surface area contributed by atoms with Crippen LogP contribution in [0.3, 0.4) is 0 Å². The molecule has 0 radical (unpaired) electrons. The molecule has 1 aromatic carbocycles. The monoisotopic (exact) mass is 309 g/mol. The molecule has 2 aromatic rings. The lowest BCUT2D eigenvalue weighted by Gasteiger charge is -2.36. The predicted molar refractivity (Wildman–Crippen MR) is 92.5 cm³/mol. The highest BCUT2D eigenvalue weighted by Crippen LogP contribution is 2.32. The molecule has 0 saturated carbocycles. The van der Waals surface area contributed by atoms with Crippen LogP contribution in [0.15, 0.2) is 48.7 Å². The fourth-order valence-corrected chi connectivity index (χ4v) is 3.16. The number of likely N-dealkylation sites (tertiary alicyclic amines) is 1. The van der Waals surface area contributed by atoms with Crippen LogP contribution in [0.4, 0.5) is 5.82 Å². The summed E-state index contributed by atoms with van der Waals surface area (Å²) >= 11 is 0. The number of carbonyl (C=O) groups excluding carboxylic acids is 1. The first-order valence-electron chi connectivity index (χ1n) is 8.35. The quantitative estimate of drug-likeness (QED) is 0.932. The number of benzene rings is 1. The summed E-state index contributed by atoms with van der Waals surface area (Å²) in [7, 11) is 0. The van der Waals surface area contributed by atoms with Crippen molar-refractivity contribution in [3.63, 3.8) is 0 Å². The molecule has 1 atom stereocenters. The summed E-state index contributed by atoms with van der Waals surface area (Å²) in [6.45, 7) is 3.72. The largest absolute Gasteiger partial charge is 0.370 e. The molecule has 1 aromatic heterocycles. The summed E-state index contributed by atoms with van der Waals surface area (Å²) in [5.41, 5.74) is 1.88. The maximum Gasteiger partial charge on any atom is 0.254 e. The van der Waals surface area contributed by atoms with Gasteiger partial charge >= 0.3 is 0 Å². The highest BCUT2D eigenvalue weighted by Gasteiger charge is 2.28. The number of carbonyl (C=O) groups is 1. The fraction of sp³-hybridized carbons (Fsp3) is 0.368. The van der Waals surface area contributed by atoms with Gasteiger partial charge in [0.25, 0.3) is 5.91 Å². The maximum absolute atomic E-state index is 12.8. The van der Waals surface area contributed by atoms with Crippen LogP contribution in [0.2, 0.25) is 0 Å². The molecule has 0 spiro atoms. The average Bonchev–Trinajstić information content (AvgIpc) is 2.63. The van der Waals surface area contributed by atoms with Crippen molar-refractivity contribution in [1.29, 1.82) is 0 Å². The number of amides is 1. The Labute approximate surface area is 137 Å². The molecular weight excluding hydrogens is 286 g/mol. The molecule has 1 N–H and O–H groups in total. The number of hydrogen-bond acceptors (Lipinski definition) is 3. The first kappa shape index (κ1) is 15.5. The molecule has 120 valence electrons. The molecule has 3 rings (SSSR count). The SMILES string of the molecule is CCNc1ccc(C2CCCCN2C(=O)c2ccccc2)cn1. The number of piperidine rings is 1. The van der Waals surface area contributed by atoms with E-state index >= 15 is 0 Å². The summed E-state index contributed by atoms with van der Waals surface area (Å²) in [6, 6.07) is 13.8. The molecule has 23 heavy (non-hydrogen) atoms. The van der Waals surface area contributed by atoms with Crippen molar-refractivity contribution in [2.45, 2.75) is 32.2 Å². The van der Waals surface area contributed by atoms with E-state index in [0.717, 1.165) is 49.3 Å². The minimum atomic E-state index is 0.117. The number of rotatable bonds is 4. The lowest BCUT2D eigenvalue weighted by atomic mass is 9.95. The van der Waals surface area contributed by atoms with Gasteiger partial charge in [-0.1, -0.05) is 24.3 Å². The Kier molecular flexibility index (Phi) is 4.91. The minimum absolute atomic E-state index is 0.117. The zero-order valence-electron chi connectivity index (χ0n) is 13.5. The van der Waals surface area contributed by atoms with Crippen LogP contribution in [0.25, 0.3) is 0 Å². The smallest absolute Gasteiger partial charge is 0.254 e. The third-order valence-electron chi connectivity index (χ3n) is 4.31. The molecule has 0 bridgehead atoms. The minimum Gasteiger partial charge on any atom is -0.370 e. The van der Waals surface area contributed by atoms with Gasteiger partial charge in [-0.15, -0.1) is 0 Å². The topological polar surface area (TPSA) is 45.2 Å². The van der Waals surface area contributed by atoms with Crippen molar-refractivity contribution >= 4 is 11.7 Å². The van der Waals surface area contributed by atoms with E-state index in [1.165, 1.54) is 0 Å². The molecule has 0 aliphatic carbocycles. The number of nitrogens with zero attached hydrogens (tertiary/aromatic N) is 2. The van der Waals surface area contributed by atoms with Crippen molar-refractivity contribution in [3.05, 3.63) is 59.8 Å². The summed E-state index contributed by atoms with van der Waals surface area (Å²) in [4.78, 5) is 19.3. The highest BCUT2D eigenvalue weighted by atomic mass is 16.2. The summed E-state index contributed by atoms with van der Waals surface area (Å²) in [5.74, 6) is 0.999. The van der Waals surface area contributed by atoms with Crippen molar-refractivity contribution in [1.82, 2.24) is 9.88 Å². The Bertz CT molecular complexity index is 639. The molecule has 1 unspecified atom stereocenters. The second kappa shape index (κ2) is 7.27. The van der Waals surface area contributed by atoms with Gasteiger partial charge in [-0.25, -0.2) is 4.98 Å². The second-order valence-corrected chi connectivity index (χ2v) is 5.88. The Balaban J connectivity index is 1.82. The molecule has 2 heterocycles. The number of aromatic nitrogens is 1. The van der Waals surface area contributed by atoms with E-state index in [4.69, 9.17) is 0 Å². The standard InChI is InChI=1S/C19H23N3O/c1-2-20-18-12-11-16(14-21-18)17-10-6-7-13-22(17)19(23)15-8-4-3-5-9-15/h3-5,8-9,11-12,14,17H,2,6-7,10,13H2,1H3,(H,20,21). The van der Waals surface area contributed by atoms with Gasteiger partial charge in [0.1, 0.15) is 5.82 Å². The maximum atomic E-state index is 12.8. The van der Waals surface area contributed by atoms with E-state index in [-0.39, 0.29) is 11.9 Å². The number of hydrogen-bond donors (Lipinski definition) is 1. The van der Waals surface area contributed by atoms with Crippen molar-refractivity contribution in [2.75, 3.05) is 18.4 Å². The summed E-state index contributed by atoms with van der Waals surface area (Å²) in [6.07, 6.45) is 5.12. The van der Waals surface area contributed by atoms with Gasteiger partial charge in [0.15, 0.2) is 0 Å². The fourth-order valence-electron chi connectivity index (χ4n) is 3.16. The van der Waals surface area contributed by atoms with E-state index in [2.05, 4.69) is 23.3 Å². The van der Waals surface area contributed by atoms with Gasteiger partial charge in [-0.2, -0.15) is 0 Å². The van der Waals surface area contributed by atoms with Crippen LogP contribution in [0, 0.1) is 0 Å². The van der Waals surface area contributed by atoms with E-state index in [1.54, 1.807) is 0 Å². The lowest BCUT2D eigenvalue weighted by molar-refractivity contribution is 0.0611. The van der Waals surface area contributed by atoms with E-state index < -0.39 is 0 Å². The Morgan fingerprint density at radius 3 is 2.74 bits per heavy atom. The van der Waals surface area contributed by atoms with Gasteiger partial charge in [-0.3, -0.25) is 4.79 Å². The average molecular weight is 309 g/mol. The van der Waals surface area contributed by atoms with E-state index in [1.807, 2.05) is 47.5 Å². The zero-order chi connectivity index (χ0) is 16.1. The van der Waals surface area contributed by atoms with Crippen LogP contribution in [-0.4, -0.2) is 28.9 Å². The normalized spacial score (nSPS) is 17.8. The molecule has 1 fully saturated rings. The van der Waals surface area contributed by atoms with Gasteiger partial charge in [0.2, 0.25) is 0 Å². The first-order chi connectivity index (χ1) is 11.3. The van der Waals surface area contributed by atoms with Crippen molar-refractivity contribution < 1.29 is 4.79 Å². The first-order valence-corrected chi connectivity index (χ1v) is 8.35. The number of nitrogens with one attached hydrogen (secondary N) is 1. The summed E-state index contributed by atoms with van der Waals surface area (Å²) in [5, 5.41) is 3.21. The number of pyridine rings is 1. The van der Waals surface area contributed by atoms with Crippen LogP contribution < -0.4 is 5.32 Å². The Morgan fingerprint density at radius 2 is 2.04 bits per heavy atom. The zero-order valence-corrected chi connectivity index (χ0v) is 13.5. The van der Waals surface area contributed by atoms with Crippen molar-refractivity contribution in [3.8, 4) is 0 Å². The molecule has 1 aliphatic heterocycles. The summed E-state index contributed by atoms with van der Waals surface area (Å²) < 4.78 is 0. The van der Waals surface area contributed by atoms with Crippen LogP contribution in [0.5, 0.6) is 0 Å². The van der Waals surface area contributed by atoms with Gasteiger partial charge in [-0.05, 0) is 49.9 Å². The molecule has 4 nitrogen and oxygen atoms in total. The van der Waals surface area contributed by atoms with Gasteiger partial charge in [0, 0.05) is 24.8 Å². The molecule has 1 aliphatic rings. The molecule has 1 amide bonds. The van der Waals surface area contributed by atoms with Crippen molar-refractivity contribution in [2.24, 2.45) is 0 Å². The van der Waals surface area contributed by atoms with E-state index in [0.29, 0.717) is 0 Å². The predicted octanol–water partition coefficient (Wildman–Crippen LogP) is 3.88. The number of anilines is 1. The second-order valence-electron chi connectivity index (χ2n) is 5.88. The molecule has 4 heteroatoms. The van der Waals surface area contributed by atoms with Gasteiger partial charge in [0.05, 0.1) is 6.04 Å². The Hall–Kier alpha value is -2.36. The van der Waals surface area contributed by atoms with Crippen LogP contribution >= 0.6 is 0 Å². The van der Waals surface area contributed by atoms with Crippen LogP contribution in [-0.2, 0) is 0 Å². The molecular formula is C19H23N3O.